The van der Waals surface area contributed by atoms with Crippen LogP contribution in [0.5, 0.6) is 40.2 Å². The molecule has 0 amide bonds. The molecular weight excluding hydrogens is 1660 g/mol. The van der Waals surface area contributed by atoms with Crippen molar-refractivity contribution in [3.05, 3.63) is 201 Å². The highest BCUT2D eigenvalue weighted by Crippen LogP contribution is 2.47. The van der Waals surface area contributed by atoms with E-state index in [-0.39, 0.29) is 90.9 Å². The van der Waals surface area contributed by atoms with Gasteiger partial charge in [-0.3, -0.25) is 0 Å². The van der Waals surface area contributed by atoms with E-state index in [9.17, 15) is 44.1 Å². The SMILES string of the molecule is CBr.CC.CC.CC.CC1(CO)COC1.Cc1c(C(=O)O)ccc(Br)c1O.Cc1c(C(=O)OCC2(C)COC2)ccc(Br)c1O.Cc1c(C23OCC(C)(CO2)CO3)ccc(Br)c1O.Cc1c(O)cccc1C(=O)O.Cc1c(O)cccc1C(=O)O.Cc1c(O)cccc1C(=O)O.Cc1c(O)cccc1C(=O)O. The van der Waals surface area contributed by atoms with Crippen LogP contribution in [0.25, 0.3) is 0 Å². The lowest BCUT2D eigenvalue weighted by atomic mass is 9.90. The van der Waals surface area contributed by atoms with Crippen molar-refractivity contribution in [1.29, 1.82) is 0 Å². The van der Waals surface area contributed by atoms with Crippen molar-refractivity contribution in [2.75, 3.05) is 65.3 Å². The second-order valence-corrected chi connectivity index (χ2v) is 26.7. The number of aromatic hydroxyl groups is 7. The molecule has 5 saturated heterocycles. The number of rotatable bonds is 10. The van der Waals surface area contributed by atoms with Crippen molar-refractivity contribution in [2.45, 2.75) is 117 Å². The number of esters is 1. The van der Waals surface area contributed by atoms with Gasteiger partial charge in [-0.1, -0.05) is 103 Å². The topological polar surface area (TPSA) is 421 Å². The molecule has 29 heteroatoms. The summed E-state index contributed by atoms with van der Waals surface area (Å²) in [7, 11) is 0. The van der Waals surface area contributed by atoms with Crippen LogP contribution in [0.1, 0.15) is 169 Å². The lowest BCUT2D eigenvalue weighted by Crippen LogP contribution is -2.57. The zero-order valence-electron chi connectivity index (χ0n) is 63.0. The van der Waals surface area contributed by atoms with Gasteiger partial charge in [-0.2, -0.15) is 0 Å². The van der Waals surface area contributed by atoms with E-state index in [2.05, 4.69) is 70.6 Å². The Bertz CT molecular complexity index is 3780. The lowest BCUT2D eigenvalue weighted by Gasteiger charge is -2.50. The number of hydrogen-bond donors (Lipinski definition) is 13. The molecule has 590 valence electrons. The zero-order valence-corrected chi connectivity index (χ0v) is 69.3. The summed E-state index contributed by atoms with van der Waals surface area (Å²) in [5, 5.41) is 117. The summed E-state index contributed by atoms with van der Waals surface area (Å²) in [5.41, 5.74) is 4.98. The largest absolute Gasteiger partial charge is 0.508 e. The van der Waals surface area contributed by atoms with Crippen LogP contribution in [0.15, 0.2) is 123 Å². The van der Waals surface area contributed by atoms with Crippen molar-refractivity contribution >= 4 is 99.5 Å². The van der Waals surface area contributed by atoms with Gasteiger partial charge in [-0.05, 0) is 187 Å². The minimum Gasteiger partial charge on any atom is -0.508 e. The van der Waals surface area contributed by atoms with Gasteiger partial charge in [0.25, 0.3) is 0 Å². The van der Waals surface area contributed by atoms with Gasteiger partial charge in [0.05, 0.1) is 99.7 Å². The Kier molecular flexibility index (Phi) is 43.7. The zero-order chi connectivity index (χ0) is 82.7. The molecule has 0 unspecified atom stereocenters. The van der Waals surface area contributed by atoms with Crippen molar-refractivity contribution in [3.8, 4) is 40.2 Å². The average molecular weight is 1760 g/mol. The summed E-state index contributed by atoms with van der Waals surface area (Å²) in [4.78, 5) is 64.3. The molecule has 0 saturated carbocycles. The molecule has 12 rings (SSSR count). The molecule has 5 fully saturated rings. The van der Waals surface area contributed by atoms with Gasteiger partial charge in [0.1, 0.15) is 46.9 Å². The molecular formula is C78H100Br4O25. The number of phenolic OH excluding ortho intramolecular Hbond substituents is 7. The second kappa shape index (κ2) is 47.4. The van der Waals surface area contributed by atoms with Crippen molar-refractivity contribution in [1.82, 2.24) is 0 Å². The first-order chi connectivity index (χ1) is 50.2. The smallest absolute Gasteiger partial charge is 0.338 e. The Morgan fingerprint density at radius 2 is 0.636 bits per heavy atom. The normalized spacial score (nSPS) is 15.7. The molecule has 0 atom stereocenters. The number of ether oxygens (including phenoxy) is 6. The summed E-state index contributed by atoms with van der Waals surface area (Å²) >= 11 is 12.5. The number of benzene rings is 7. The number of hydrogen-bond acceptors (Lipinski definition) is 20. The number of aliphatic hydroxyl groups is 1. The van der Waals surface area contributed by atoms with E-state index < -0.39 is 41.8 Å². The van der Waals surface area contributed by atoms with Crippen LogP contribution in [-0.4, -0.2) is 167 Å². The minimum atomic E-state index is -1.15. The first-order valence-electron chi connectivity index (χ1n) is 33.2. The Labute approximate surface area is 657 Å². The quantitative estimate of drug-likeness (QED) is 0.0447. The van der Waals surface area contributed by atoms with Gasteiger partial charge >= 0.3 is 41.8 Å². The molecule has 7 aromatic carbocycles. The Balaban J connectivity index is 0.00000120. The first-order valence-corrected chi connectivity index (χ1v) is 37.2. The number of halogens is 4. The maximum absolute atomic E-state index is 11.9. The van der Waals surface area contributed by atoms with E-state index in [1.165, 1.54) is 84.9 Å². The maximum Gasteiger partial charge on any atom is 0.338 e. The highest BCUT2D eigenvalue weighted by Gasteiger charge is 2.52. The van der Waals surface area contributed by atoms with Crippen molar-refractivity contribution in [3.63, 3.8) is 0 Å². The number of phenols is 7. The summed E-state index contributed by atoms with van der Waals surface area (Å²) in [5.74, 6) is -4.53. The number of carbonyl (C=O) groups is 6. The lowest BCUT2D eigenvalue weighted by molar-refractivity contribution is -0.477. The van der Waals surface area contributed by atoms with Crippen LogP contribution in [0, 0.1) is 64.7 Å². The number of aromatic carboxylic acids is 5. The molecule has 5 aliphatic heterocycles. The van der Waals surface area contributed by atoms with E-state index in [0.29, 0.717) is 97.6 Å². The van der Waals surface area contributed by atoms with Crippen molar-refractivity contribution in [2.24, 2.45) is 16.2 Å². The molecule has 13 N–H and O–H groups in total. The first kappa shape index (κ1) is 98.6. The monoisotopic (exact) mass is 1750 g/mol. The third-order valence-corrected chi connectivity index (χ3v) is 17.6. The fourth-order valence-corrected chi connectivity index (χ4v) is 10.2. The van der Waals surface area contributed by atoms with Gasteiger partial charge in [0, 0.05) is 60.8 Å². The summed E-state index contributed by atoms with van der Waals surface area (Å²) in [6.07, 6.45) is 0. The van der Waals surface area contributed by atoms with Gasteiger partial charge in [-0.15, -0.1) is 0 Å². The molecule has 0 spiro atoms. The summed E-state index contributed by atoms with van der Waals surface area (Å²) in [6.45, 7) is 34.5. The van der Waals surface area contributed by atoms with E-state index >= 15 is 0 Å². The van der Waals surface area contributed by atoms with E-state index in [1.807, 2.05) is 74.2 Å². The number of aliphatic hydroxyl groups excluding tert-OH is 1. The highest BCUT2D eigenvalue weighted by molar-refractivity contribution is 9.11. The van der Waals surface area contributed by atoms with E-state index in [1.54, 1.807) is 59.7 Å². The number of carboxylic acid groups (broad SMARTS) is 5. The average Bonchev–Trinajstić information content (AvgIpc) is 0.743. The third-order valence-electron chi connectivity index (χ3n) is 15.6. The Hall–Kier alpha value is -8.36. The molecule has 0 aliphatic carbocycles. The van der Waals surface area contributed by atoms with Crippen LogP contribution in [-0.2, 0) is 34.4 Å². The molecule has 0 aromatic heterocycles. The molecule has 0 radical (unpaired) electrons. The van der Waals surface area contributed by atoms with Crippen LogP contribution >= 0.6 is 63.7 Å². The van der Waals surface area contributed by atoms with E-state index in [4.69, 9.17) is 79.5 Å². The standard InChI is InChI=1S/2C13H15BrO4.C8H7BrO3.4C8H8O3.C5H10O2.3C2H6.CH3Br/c1-8-9(3-4-10(14)11(8)15)13-16-5-12(2,6-17-13)7-18-13;1-8-9(3-4-10(14)11(8)15)12(16)18-7-13(2)5-17-6-13;1-4-5(8(11)12)2-3-6(9)7(4)10;4*1-5-6(8(10)11)3-2-4-7(5)9;1-5(2-6)3-7-4-5;4*1-2/h2*3-4,15H,5-7H2,1-2H3;2-3,10H,1H3,(H,11,12);4*2-4,9H,1H3,(H,10,11);6H,2-4H2,1H3;3*1-2H3;1H3. The predicted octanol–water partition coefficient (Wildman–Crippen LogP) is 17.2. The fraction of sp³-hybridized carbons (Fsp3) is 0.385. The van der Waals surface area contributed by atoms with Crippen molar-refractivity contribution < 1.29 is 124 Å². The fourth-order valence-electron chi connectivity index (χ4n) is 8.89. The molecule has 25 nitrogen and oxygen atoms in total. The minimum absolute atomic E-state index is 0.0184. The van der Waals surface area contributed by atoms with Crippen LogP contribution < -0.4 is 0 Å². The van der Waals surface area contributed by atoms with Gasteiger partial charge in [-0.25, -0.2) is 28.8 Å². The molecule has 7 aromatic rings. The maximum atomic E-state index is 11.9. The third kappa shape index (κ3) is 29.3. The molecule has 5 aliphatic rings. The molecule has 107 heavy (non-hydrogen) atoms. The van der Waals surface area contributed by atoms with Gasteiger partial charge in [0.15, 0.2) is 0 Å². The number of carbonyl (C=O) groups excluding carboxylic acids is 1. The predicted molar refractivity (Wildman–Crippen MR) is 420 cm³/mol. The molecule has 2 bridgehead atoms. The number of alkyl halides is 1. The van der Waals surface area contributed by atoms with Gasteiger partial charge in [0.2, 0.25) is 0 Å². The Morgan fingerprint density at radius 1 is 0.374 bits per heavy atom. The summed E-state index contributed by atoms with van der Waals surface area (Å²) < 4.78 is 34.2. The summed E-state index contributed by atoms with van der Waals surface area (Å²) in [6, 6.07) is 27.5. The van der Waals surface area contributed by atoms with Crippen LogP contribution in [0.3, 0.4) is 0 Å². The second-order valence-electron chi connectivity index (χ2n) is 24.1. The molecule has 5 heterocycles. The number of fused-ring (bicyclic) bond motifs is 3. The highest BCUT2D eigenvalue weighted by atomic mass is 79.9. The van der Waals surface area contributed by atoms with Gasteiger partial charge < -0.3 is 94.8 Å². The Morgan fingerprint density at radius 3 is 0.888 bits per heavy atom. The van der Waals surface area contributed by atoms with Crippen LogP contribution in [0.2, 0.25) is 0 Å². The van der Waals surface area contributed by atoms with Crippen LogP contribution in [0.4, 0.5) is 0 Å². The van der Waals surface area contributed by atoms with E-state index in [0.717, 1.165) is 18.8 Å². The number of carboxylic acids is 5.